The lowest BCUT2D eigenvalue weighted by molar-refractivity contribution is 0.0832. The standard InChI is InChI=1S/C14H14N2O3S/c1-8-5-6-10(19-8)13(17)15-16-14(18)12-7-9-3-2-4-11(9)20-12/h5-7H,2-4H2,1H3,(H,15,17)(H,16,18). The molecule has 6 heteroatoms. The van der Waals surface area contributed by atoms with Gasteiger partial charge < -0.3 is 4.42 Å². The monoisotopic (exact) mass is 290 g/mol. The minimum absolute atomic E-state index is 0.177. The van der Waals surface area contributed by atoms with Crippen LogP contribution < -0.4 is 10.9 Å². The lowest BCUT2D eigenvalue weighted by Gasteiger charge is -2.04. The third kappa shape index (κ3) is 2.46. The van der Waals surface area contributed by atoms with Crippen molar-refractivity contribution < 1.29 is 14.0 Å². The first-order valence-electron chi connectivity index (χ1n) is 6.42. The number of thiophene rings is 1. The summed E-state index contributed by atoms with van der Waals surface area (Å²) in [5.41, 5.74) is 6.01. The van der Waals surface area contributed by atoms with Crippen molar-refractivity contribution in [1.82, 2.24) is 10.9 Å². The van der Waals surface area contributed by atoms with Gasteiger partial charge in [0, 0.05) is 4.88 Å². The first kappa shape index (κ1) is 12.9. The highest BCUT2D eigenvalue weighted by Gasteiger charge is 2.19. The second-order valence-corrected chi connectivity index (χ2v) is 5.87. The molecule has 0 aromatic carbocycles. The van der Waals surface area contributed by atoms with E-state index in [-0.39, 0.29) is 11.7 Å². The number of furan rings is 1. The minimum Gasteiger partial charge on any atom is -0.456 e. The summed E-state index contributed by atoms with van der Waals surface area (Å²) in [6, 6.07) is 5.17. The molecule has 2 aromatic heterocycles. The molecule has 2 aromatic rings. The quantitative estimate of drug-likeness (QED) is 0.833. The summed E-state index contributed by atoms with van der Waals surface area (Å²) in [6.45, 7) is 1.75. The number of hydrogen-bond acceptors (Lipinski definition) is 4. The van der Waals surface area contributed by atoms with Crippen LogP contribution in [0.3, 0.4) is 0 Å². The van der Waals surface area contributed by atoms with Gasteiger partial charge in [-0.2, -0.15) is 0 Å². The molecule has 104 valence electrons. The van der Waals surface area contributed by atoms with E-state index in [4.69, 9.17) is 4.42 Å². The molecule has 0 bridgehead atoms. The number of hydrazine groups is 1. The maximum absolute atomic E-state index is 11.9. The number of carbonyl (C=O) groups excluding carboxylic acids is 2. The van der Waals surface area contributed by atoms with E-state index in [0.717, 1.165) is 19.3 Å². The van der Waals surface area contributed by atoms with Crippen molar-refractivity contribution in [2.75, 3.05) is 0 Å². The molecular weight excluding hydrogens is 276 g/mol. The molecule has 0 unspecified atom stereocenters. The smallest absolute Gasteiger partial charge is 0.305 e. The zero-order chi connectivity index (χ0) is 14.1. The van der Waals surface area contributed by atoms with E-state index < -0.39 is 5.91 Å². The van der Waals surface area contributed by atoms with Gasteiger partial charge in [0.1, 0.15) is 5.76 Å². The molecule has 2 heterocycles. The third-order valence-electron chi connectivity index (χ3n) is 3.22. The summed E-state index contributed by atoms with van der Waals surface area (Å²) >= 11 is 1.49. The normalized spacial score (nSPS) is 13.1. The van der Waals surface area contributed by atoms with Crippen LogP contribution in [0.5, 0.6) is 0 Å². The fourth-order valence-corrected chi connectivity index (χ4v) is 3.38. The molecule has 0 spiro atoms. The van der Waals surface area contributed by atoms with Gasteiger partial charge >= 0.3 is 5.91 Å². The van der Waals surface area contributed by atoms with Gasteiger partial charge in [0.2, 0.25) is 0 Å². The Morgan fingerprint density at radius 1 is 1.20 bits per heavy atom. The Hall–Kier alpha value is -2.08. The Morgan fingerprint density at radius 2 is 2.00 bits per heavy atom. The van der Waals surface area contributed by atoms with Crippen LogP contribution in [-0.4, -0.2) is 11.8 Å². The lowest BCUT2D eigenvalue weighted by atomic mass is 10.2. The second kappa shape index (κ2) is 5.13. The molecule has 0 atom stereocenters. The predicted molar refractivity (Wildman–Crippen MR) is 74.7 cm³/mol. The number of aryl methyl sites for hydroxylation is 3. The summed E-state index contributed by atoms with van der Waals surface area (Å²) in [6.07, 6.45) is 3.25. The zero-order valence-corrected chi connectivity index (χ0v) is 11.8. The van der Waals surface area contributed by atoms with Crippen LogP contribution in [0.15, 0.2) is 22.6 Å². The molecule has 1 aliphatic rings. The predicted octanol–water partition coefficient (Wildman–Crippen LogP) is 2.21. The molecule has 3 rings (SSSR count). The van der Waals surface area contributed by atoms with E-state index in [1.165, 1.54) is 21.8 Å². The van der Waals surface area contributed by atoms with E-state index in [1.807, 2.05) is 6.07 Å². The molecule has 2 amide bonds. The number of rotatable bonds is 2. The van der Waals surface area contributed by atoms with E-state index >= 15 is 0 Å². The summed E-state index contributed by atoms with van der Waals surface area (Å²) in [5.74, 6) is 0.0733. The Labute approximate surface area is 119 Å². The number of fused-ring (bicyclic) bond motifs is 1. The largest absolute Gasteiger partial charge is 0.456 e. The van der Waals surface area contributed by atoms with Gasteiger partial charge in [-0.05, 0) is 49.9 Å². The Balaban J connectivity index is 1.60. The molecule has 0 saturated heterocycles. The van der Waals surface area contributed by atoms with E-state index in [0.29, 0.717) is 10.6 Å². The summed E-state index contributed by atoms with van der Waals surface area (Å²) in [7, 11) is 0. The van der Waals surface area contributed by atoms with Crippen LogP contribution in [0.25, 0.3) is 0 Å². The van der Waals surface area contributed by atoms with Gasteiger partial charge in [0.05, 0.1) is 4.88 Å². The molecule has 0 aliphatic heterocycles. The van der Waals surface area contributed by atoms with Crippen LogP contribution in [0, 0.1) is 6.92 Å². The first-order valence-corrected chi connectivity index (χ1v) is 7.24. The molecule has 5 nitrogen and oxygen atoms in total. The van der Waals surface area contributed by atoms with Crippen LogP contribution >= 0.6 is 11.3 Å². The van der Waals surface area contributed by atoms with Gasteiger partial charge in [-0.3, -0.25) is 20.4 Å². The van der Waals surface area contributed by atoms with Crippen LogP contribution in [-0.2, 0) is 12.8 Å². The van der Waals surface area contributed by atoms with Crippen molar-refractivity contribution in [2.45, 2.75) is 26.2 Å². The maximum atomic E-state index is 11.9. The van der Waals surface area contributed by atoms with Crippen molar-refractivity contribution >= 4 is 23.2 Å². The molecule has 1 aliphatic carbocycles. The highest BCUT2D eigenvalue weighted by atomic mass is 32.1. The Bertz CT molecular complexity index is 650. The van der Waals surface area contributed by atoms with Crippen molar-refractivity contribution in [2.24, 2.45) is 0 Å². The summed E-state index contributed by atoms with van der Waals surface area (Å²) < 4.78 is 5.17. The fourth-order valence-electron chi connectivity index (χ4n) is 2.23. The van der Waals surface area contributed by atoms with Gasteiger partial charge in [0.15, 0.2) is 5.76 Å². The maximum Gasteiger partial charge on any atom is 0.305 e. The Morgan fingerprint density at radius 3 is 2.70 bits per heavy atom. The van der Waals surface area contributed by atoms with Gasteiger partial charge in [0.25, 0.3) is 5.91 Å². The highest BCUT2D eigenvalue weighted by Crippen LogP contribution is 2.30. The SMILES string of the molecule is Cc1ccc(C(=O)NNC(=O)c2cc3c(s2)CCC3)o1. The Kier molecular flexibility index (Phi) is 3.31. The molecule has 0 saturated carbocycles. The van der Waals surface area contributed by atoms with E-state index in [1.54, 1.807) is 19.1 Å². The van der Waals surface area contributed by atoms with Crippen LogP contribution in [0.4, 0.5) is 0 Å². The average molecular weight is 290 g/mol. The zero-order valence-electron chi connectivity index (χ0n) is 11.0. The summed E-state index contributed by atoms with van der Waals surface area (Å²) in [4.78, 5) is 25.6. The molecule has 0 fully saturated rings. The molecule has 0 radical (unpaired) electrons. The third-order valence-corrected chi connectivity index (χ3v) is 4.46. The van der Waals surface area contributed by atoms with Crippen molar-refractivity contribution in [3.63, 3.8) is 0 Å². The van der Waals surface area contributed by atoms with Gasteiger partial charge in [-0.25, -0.2) is 0 Å². The highest BCUT2D eigenvalue weighted by molar-refractivity contribution is 7.14. The molecule has 20 heavy (non-hydrogen) atoms. The van der Waals surface area contributed by atoms with Gasteiger partial charge in [-0.1, -0.05) is 0 Å². The van der Waals surface area contributed by atoms with Crippen molar-refractivity contribution in [3.8, 4) is 0 Å². The number of carbonyl (C=O) groups is 2. The first-order chi connectivity index (χ1) is 9.63. The molecule has 2 N–H and O–H groups in total. The second-order valence-electron chi connectivity index (χ2n) is 4.73. The van der Waals surface area contributed by atoms with Crippen molar-refractivity contribution in [1.29, 1.82) is 0 Å². The molecular formula is C14H14N2O3S. The number of amides is 2. The average Bonchev–Trinajstić information content (AvgIpc) is 3.09. The fraction of sp³-hybridized carbons (Fsp3) is 0.286. The van der Waals surface area contributed by atoms with E-state index in [2.05, 4.69) is 10.9 Å². The minimum atomic E-state index is -0.462. The van der Waals surface area contributed by atoms with Crippen molar-refractivity contribution in [3.05, 3.63) is 45.0 Å². The lowest BCUT2D eigenvalue weighted by Crippen LogP contribution is -2.41. The van der Waals surface area contributed by atoms with Gasteiger partial charge in [-0.15, -0.1) is 11.3 Å². The van der Waals surface area contributed by atoms with E-state index in [9.17, 15) is 9.59 Å². The van der Waals surface area contributed by atoms with Crippen LogP contribution in [0.2, 0.25) is 0 Å². The number of nitrogens with one attached hydrogen (secondary N) is 2. The number of hydrogen-bond donors (Lipinski definition) is 2. The topological polar surface area (TPSA) is 71.3 Å². The van der Waals surface area contributed by atoms with Crippen LogP contribution in [0.1, 0.15) is 42.8 Å². The summed E-state index contributed by atoms with van der Waals surface area (Å²) in [5, 5.41) is 0.